The Bertz CT molecular complexity index is 467. The molecule has 2 N–H and O–H groups in total. The summed E-state index contributed by atoms with van der Waals surface area (Å²) >= 11 is 6.43. The lowest BCUT2D eigenvalue weighted by Gasteiger charge is -2.16. The van der Waals surface area contributed by atoms with Crippen molar-refractivity contribution in [3.8, 4) is 5.75 Å². The summed E-state index contributed by atoms with van der Waals surface area (Å²) in [5.74, 6) is -0.922. The van der Waals surface area contributed by atoms with Gasteiger partial charge in [-0.3, -0.25) is 4.79 Å². The van der Waals surface area contributed by atoms with E-state index in [0.29, 0.717) is 14.7 Å². The van der Waals surface area contributed by atoms with E-state index in [4.69, 9.17) is 9.84 Å². The Hall–Kier alpha value is -1.08. The van der Waals surface area contributed by atoms with Crippen LogP contribution in [-0.4, -0.2) is 30.1 Å². The molecule has 0 fully saturated rings. The van der Waals surface area contributed by atoms with Crippen LogP contribution in [0.25, 0.3) is 0 Å². The number of carbonyl (C=O) groups is 2. The van der Waals surface area contributed by atoms with Crippen LogP contribution in [0.5, 0.6) is 5.75 Å². The predicted molar refractivity (Wildman–Crippen MR) is 73.0 cm³/mol. The number of halogens is 2. The molecule has 0 radical (unpaired) electrons. The van der Waals surface area contributed by atoms with Gasteiger partial charge in [-0.05, 0) is 50.9 Å². The maximum atomic E-state index is 11.4. The zero-order chi connectivity index (χ0) is 13.9. The largest absolute Gasteiger partial charge is 0.479 e. The molecule has 5 nitrogen and oxygen atoms in total. The Morgan fingerprint density at radius 2 is 1.83 bits per heavy atom. The van der Waals surface area contributed by atoms with Crippen LogP contribution in [0.2, 0.25) is 0 Å². The van der Waals surface area contributed by atoms with Gasteiger partial charge in [-0.2, -0.15) is 0 Å². The molecule has 7 heteroatoms. The van der Waals surface area contributed by atoms with Crippen LogP contribution in [0, 0.1) is 0 Å². The fraction of sp³-hybridized carbons (Fsp3) is 0.273. The molecule has 98 valence electrons. The standard InChI is InChI=1S/C11H11Br2NO4/c1-5(10(15)14-2)18-9-7(12)3-6(11(16)17)4-8(9)13/h3-5H,1-2H3,(H,14,15)(H,16,17). The number of nitrogens with one attached hydrogen (secondary N) is 1. The minimum absolute atomic E-state index is 0.119. The molecule has 0 saturated heterocycles. The Balaban J connectivity index is 3.04. The van der Waals surface area contributed by atoms with E-state index in [9.17, 15) is 9.59 Å². The summed E-state index contributed by atoms with van der Waals surface area (Å²) in [5, 5.41) is 11.4. The summed E-state index contributed by atoms with van der Waals surface area (Å²) in [5.41, 5.74) is 0.119. The topological polar surface area (TPSA) is 75.6 Å². The van der Waals surface area contributed by atoms with Crippen molar-refractivity contribution >= 4 is 43.7 Å². The van der Waals surface area contributed by atoms with E-state index in [0.717, 1.165) is 0 Å². The minimum Gasteiger partial charge on any atom is -0.479 e. The van der Waals surface area contributed by atoms with Crippen LogP contribution in [0.3, 0.4) is 0 Å². The molecule has 1 amide bonds. The number of likely N-dealkylation sites (N-methyl/N-ethyl adjacent to an activating group) is 1. The molecular weight excluding hydrogens is 370 g/mol. The van der Waals surface area contributed by atoms with Gasteiger partial charge in [-0.25, -0.2) is 4.79 Å². The highest BCUT2D eigenvalue weighted by Crippen LogP contribution is 2.35. The molecule has 0 aliphatic carbocycles. The van der Waals surface area contributed by atoms with Gasteiger partial charge in [-0.15, -0.1) is 0 Å². The maximum absolute atomic E-state index is 11.4. The molecule has 18 heavy (non-hydrogen) atoms. The van der Waals surface area contributed by atoms with E-state index in [2.05, 4.69) is 37.2 Å². The number of carboxylic acid groups (broad SMARTS) is 1. The van der Waals surface area contributed by atoms with Crippen LogP contribution < -0.4 is 10.1 Å². The minimum atomic E-state index is -1.04. The first-order valence-electron chi connectivity index (χ1n) is 4.97. The Labute approximate surface area is 121 Å². The van der Waals surface area contributed by atoms with E-state index < -0.39 is 12.1 Å². The second-order valence-electron chi connectivity index (χ2n) is 3.45. The second-order valence-corrected chi connectivity index (χ2v) is 5.16. The maximum Gasteiger partial charge on any atom is 0.335 e. The molecule has 1 atom stereocenters. The van der Waals surface area contributed by atoms with Crippen molar-refractivity contribution in [2.24, 2.45) is 0 Å². The lowest BCUT2D eigenvalue weighted by molar-refractivity contribution is -0.126. The van der Waals surface area contributed by atoms with Gasteiger partial charge >= 0.3 is 5.97 Å². The monoisotopic (exact) mass is 379 g/mol. The quantitative estimate of drug-likeness (QED) is 0.841. The zero-order valence-electron chi connectivity index (χ0n) is 9.66. The Morgan fingerprint density at radius 1 is 1.33 bits per heavy atom. The first-order chi connectivity index (χ1) is 8.36. The number of carbonyl (C=O) groups excluding carboxylic acids is 1. The fourth-order valence-electron chi connectivity index (χ4n) is 1.23. The number of hydrogen-bond donors (Lipinski definition) is 2. The van der Waals surface area contributed by atoms with Crippen LogP contribution in [0.4, 0.5) is 0 Å². The van der Waals surface area contributed by atoms with E-state index >= 15 is 0 Å². The molecule has 1 aromatic rings. The van der Waals surface area contributed by atoms with Crippen molar-refractivity contribution in [1.82, 2.24) is 5.32 Å². The van der Waals surface area contributed by atoms with E-state index in [1.54, 1.807) is 6.92 Å². The third-order valence-corrected chi connectivity index (χ3v) is 3.33. The molecule has 0 bridgehead atoms. The number of rotatable bonds is 4. The summed E-state index contributed by atoms with van der Waals surface area (Å²) < 4.78 is 6.39. The second kappa shape index (κ2) is 6.19. The smallest absolute Gasteiger partial charge is 0.335 e. The van der Waals surface area contributed by atoms with Gasteiger partial charge < -0.3 is 15.2 Å². The summed E-state index contributed by atoms with van der Waals surface area (Å²) in [6.07, 6.45) is -0.682. The van der Waals surface area contributed by atoms with Crippen LogP contribution in [-0.2, 0) is 4.79 Å². The number of aromatic carboxylic acids is 1. The lowest BCUT2D eigenvalue weighted by Crippen LogP contribution is -2.33. The van der Waals surface area contributed by atoms with E-state index in [-0.39, 0.29) is 11.5 Å². The van der Waals surface area contributed by atoms with Crippen molar-refractivity contribution < 1.29 is 19.4 Å². The molecule has 1 unspecified atom stereocenters. The molecule has 0 saturated carbocycles. The molecular formula is C11H11Br2NO4. The first kappa shape index (κ1) is 15.0. The van der Waals surface area contributed by atoms with Gasteiger partial charge in [0, 0.05) is 7.05 Å². The summed E-state index contributed by atoms with van der Waals surface area (Å²) in [7, 11) is 1.51. The van der Waals surface area contributed by atoms with Crippen molar-refractivity contribution in [2.75, 3.05) is 7.05 Å². The molecule has 0 aliphatic rings. The molecule has 0 aliphatic heterocycles. The summed E-state index contributed by atoms with van der Waals surface area (Å²) in [4.78, 5) is 22.2. The highest BCUT2D eigenvalue weighted by atomic mass is 79.9. The van der Waals surface area contributed by atoms with Gasteiger partial charge in [0.05, 0.1) is 14.5 Å². The third kappa shape index (κ3) is 3.46. The molecule has 1 rings (SSSR count). The van der Waals surface area contributed by atoms with Crippen LogP contribution in [0.1, 0.15) is 17.3 Å². The normalized spacial score (nSPS) is 11.8. The van der Waals surface area contributed by atoms with Crippen LogP contribution in [0.15, 0.2) is 21.1 Å². The average Bonchev–Trinajstić information content (AvgIpc) is 2.31. The first-order valence-corrected chi connectivity index (χ1v) is 6.56. The fourth-order valence-corrected chi connectivity index (χ4v) is 2.60. The highest BCUT2D eigenvalue weighted by Gasteiger charge is 2.18. The van der Waals surface area contributed by atoms with Gasteiger partial charge in [0.25, 0.3) is 5.91 Å². The van der Waals surface area contributed by atoms with Gasteiger partial charge in [0.2, 0.25) is 0 Å². The van der Waals surface area contributed by atoms with Crippen molar-refractivity contribution in [3.05, 3.63) is 26.6 Å². The highest BCUT2D eigenvalue weighted by molar-refractivity contribution is 9.11. The summed E-state index contributed by atoms with van der Waals surface area (Å²) in [6, 6.07) is 2.83. The third-order valence-electron chi connectivity index (χ3n) is 2.16. The number of benzene rings is 1. The van der Waals surface area contributed by atoms with Gasteiger partial charge in [0.15, 0.2) is 6.10 Å². The number of ether oxygens (including phenoxy) is 1. The molecule has 1 aromatic carbocycles. The average molecular weight is 381 g/mol. The lowest BCUT2D eigenvalue weighted by atomic mass is 10.2. The number of amides is 1. The zero-order valence-corrected chi connectivity index (χ0v) is 12.8. The molecule has 0 heterocycles. The van der Waals surface area contributed by atoms with Gasteiger partial charge in [-0.1, -0.05) is 0 Å². The molecule has 0 spiro atoms. The van der Waals surface area contributed by atoms with Gasteiger partial charge in [0.1, 0.15) is 5.75 Å². The SMILES string of the molecule is CNC(=O)C(C)Oc1c(Br)cc(C(=O)O)cc1Br. The van der Waals surface area contributed by atoms with Crippen LogP contribution >= 0.6 is 31.9 Å². The summed E-state index contributed by atoms with van der Waals surface area (Å²) in [6.45, 7) is 1.60. The molecule has 0 aromatic heterocycles. The Kier molecular flexibility index (Phi) is 5.15. The van der Waals surface area contributed by atoms with E-state index in [1.807, 2.05) is 0 Å². The van der Waals surface area contributed by atoms with E-state index in [1.165, 1.54) is 19.2 Å². The van der Waals surface area contributed by atoms with Crippen molar-refractivity contribution in [2.45, 2.75) is 13.0 Å². The van der Waals surface area contributed by atoms with Crippen molar-refractivity contribution in [1.29, 1.82) is 0 Å². The predicted octanol–water partition coefficient (Wildman–Crippen LogP) is 2.42. The van der Waals surface area contributed by atoms with Crippen molar-refractivity contribution in [3.63, 3.8) is 0 Å². The number of carboxylic acids is 1. The Morgan fingerprint density at radius 3 is 2.22 bits per heavy atom. The number of hydrogen-bond acceptors (Lipinski definition) is 3.